The van der Waals surface area contributed by atoms with Gasteiger partial charge in [0.1, 0.15) is 4.88 Å². The molecule has 1 aromatic heterocycles. The van der Waals surface area contributed by atoms with E-state index in [0.717, 1.165) is 28.7 Å². The maximum Gasteiger partial charge on any atom is 0.265 e. The maximum absolute atomic E-state index is 12.3. The van der Waals surface area contributed by atoms with Crippen molar-refractivity contribution in [1.82, 2.24) is 10.6 Å². The van der Waals surface area contributed by atoms with Crippen molar-refractivity contribution in [2.45, 2.75) is 38.8 Å². The van der Waals surface area contributed by atoms with E-state index in [0.29, 0.717) is 16.7 Å². The molecule has 1 fully saturated rings. The molecule has 2 heterocycles. The Morgan fingerprint density at radius 2 is 2.25 bits per heavy atom. The highest BCUT2D eigenvalue weighted by atomic mass is 79.9. The molecule has 20 heavy (non-hydrogen) atoms. The number of nitrogens with one attached hydrogen (secondary N) is 2. The molecule has 1 amide bonds. The number of amides is 1. The molecular formula is C13H20BrClN2O2S. The Balaban J connectivity index is 0.00000200. The van der Waals surface area contributed by atoms with E-state index < -0.39 is 0 Å². The van der Waals surface area contributed by atoms with Crippen LogP contribution in [0.15, 0.2) is 4.47 Å². The molecule has 1 saturated heterocycles. The summed E-state index contributed by atoms with van der Waals surface area (Å²) in [5.74, 6) is 0.608. The highest BCUT2D eigenvalue weighted by Gasteiger charge is 2.25. The van der Waals surface area contributed by atoms with Gasteiger partial charge in [-0.15, -0.1) is 23.7 Å². The Labute approximate surface area is 138 Å². The van der Waals surface area contributed by atoms with Crippen LogP contribution < -0.4 is 15.4 Å². The van der Waals surface area contributed by atoms with Gasteiger partial charge in [0.2, 0.25) is 0 Å². The van der Waals surface area contributed by atoms with Crippen molar-refractivity contribution in [3.05, 3.63) is 14.2 Å². The predicted molar refractivity (Wildman–Crippen MR) is 88.5 cm³/mol. The third-order valence-corrected chi connectivity index (χ3v) is 5.64. The van der Waals surface area contributed by atoms with Gasteiger partial charge in [-0.3, -0.25) is 4.79 Å². The van der Waals surface area contributed by atoms with Crippen LogP contribution in [0, 0.1) is 6.92 Å². The lowest BCUT2D eigenvalue weighted by molar-refractivity contribution is 0.0927. The largest absolute Gasteiger partial charge is 0.494 e. The van der Waals surface area contributed by atoms with E-state index >= 15 is 0 Å². The number of rotatable bonds is 3. The number of carbonyl (C=O) groups excluding carboxylic acids is 1. The van der Waals surface area contributed by atoms with Gasteiger partial charge in [0.15, 0.2) is 5.75 Å². The highest BCUT2D eigenvalue weighted by Crippen LogP contribution is 2.39. The molecule has 2 N–H and O–H groups in total. The lowest BCUT2D eigenvalue weighted by atomic mass is 10.0. The van der Waals surface area contributed by atoms with Crippen LogP contribution in [0.1, 0.15) is 34.3 Å². The molecule has 114 valence electrons. The van der Waals surface area contributed by atoms with E-state index in [4.69, 9.17) is 4.74 Å². The Morgan fingerprint density at radius 1 is 1.55 bits per heavy atom. The first kappa shape index (κ1) is 17.8. The summed E-state index contributed by atoms with van der Waals surface area (Å²) in [7, 11) is 1.59. The highest BCUT2D eigenvalue weighted by molar-refractivity contribution is 9.10. The van der Waals surface area contributed by atoms with Crippen molar-refractivity contribution in [2.75, 3.05) is 13.7 Å². The molecule has 0 saturated carbocycles. The van der Waals surface area contributed by atoms with Crippen LogP contribution >= 0.6 is 39.7 Å². The first-order valence-corrected chi connectivity index (χ1v) is 8.01. The number of carbonyl (C=O) groups is 1. The fraction of sp³-hybridized carbons (Fsp3) is 0.615. The zero-order chi connectivity index (χ0) is 14.0. The van der Waals surface area contributed by atoms with Crippen LogP contribution in [0.2, 0.25) is 0 Å². The zero-order valence-corrected chi connectivity index (χ0v) is 15.0. The smallest absolute Gasteiger partial charge is 0.265 e. The number of hydrogen-bond donors (Lipinski definition) is 2. The fourth-order valence-electron chi connectivity index (χ4n) is 2.35. The molecule has 0 aliphatic carbocycles. The van der Waals surface area contributed by atoms with Gasteiger partial charge in [-0.25, -0.2) is 0 Å². The third kappa shape index (κ3) is 3.87. The summed E-state index contributed by atoms with van der Waals surface area (Å²) >= 11 is 4.92. The van der Waals surface area contributed by atoms with Crippen molar-refractivity contribution < 1.29 is 9.53 Å². The van der Waals surface area contributed by atoms with E-state index in [1.165, 1.54) is 11.3 Å². The van der Waals surface area contributed by atoms with Crippen LogP contribution in [-0.4, -0.2) is 31.6 Å². The maximum atomic E-state index is 12.3. The van der Waals surface area contributed by atoms with Crippen molar-refractivity contribution in [3.8, 4) is 5.75 Å². The number of ether oxygens (including phenoxy) is 1. The van der Waals surface area contributed by atoms with Gasteiger partial charge in [0.05, 0.1) is 11.6 Å². The molecule has 0 aromatic carbocycles. The Kier molecular flexibility index (Phi) is 6.78. The Morgan fingerprint density at radius 3 is 2.85 bits per heavy atom. The molecule has 7 heteroatoms. The molecule has 0 bridgehead atoms. The minimum absolute atomic E-state index is 0. The van der Waals surface area contributed by atoms with Crippen LogP contribution in [0.3, 0.4) is 0 Å². The molecule has 2 unspecified atom stereocenters. The summed E-state index contributed by atoms with van der Waals surface area (Å²) in [6, 6.07) is 0.701. The molecule has 1 aromatic rings. The minimum Gasteiger partial charge on any atom is -0.494 e. The van der Waals surface area contributed by atoms with Crippen LogP contribution in [0.4, 0.5) is 0 Å². The SMILES string of the molecule is COc1c(C(=O)NC2CCNC(C)C2)sc(C)c1Br.Cl. The number of thiophene rings is 1. The predicted octanol–water partition coefficient (Wildman–Crippen LogP) is 3.12. The van der Waals surface area contributed by atoms with E-state index in [-0.39, 0.29) is 24.4 Å². The quantitative estimate of drug-likeness (QED) is 0.843. The monoisotopic (exact) mass is 382 g/mol. The second-order valence-electron chi connectivity index (χ2n) is 4.88. The van der Waals surface area contributed by atoms with Gasteiger partial charge >= 0.3 is 0 Å². The molecular weight excluding hydrogens is 364 g/mol. The van der Waals surface area contributed by atoms with Crippen molar-refractivity contribution in [3.63, 3.8) is 0 Å². The van der Waals surface area contributed by atoms with E-state index in [9.17, 15) is 4.79 Å². The van der Waals surface area contributed by atoms with Gasteiger partial charge in [-0.05, 0) is 49.2 Å². The van der Waals surface area contributed by atoms with Crippen LogP contribution in [0.25, 0.3) is 0 Å². The first-order valence-electron chi connectivity index (χ1n) is 6.40. The number of halogens is 2. The normalized spacial score (nSPS) is 22.0. The van der Waals surface area contributed by atoms with Crippen molar-refractivity contribution in [1.29, 1.82) is 0 Å². The van der Waals surface area contributed by atoms with Crippen LogP contribution in [0.5, 0.6) is 5.75 Å². The third-order valence-electron chi connectivity index (χ3n) is 3.34. The van der Waals surface area contributed by atoms with Crippen molar-refractivity contribution in [2.24, 2.45) is 0 Å². The average Bonchev–Trinajstić information content (AvgIpc) is 2.65. The molecule has 2 atom stereocenters. The molecule has 0 radical (unpaired) electrons. The zero-order valence-electron chi connectivity index (χ0n) is 11.8. The van der Waals surface area contributed by atoms with Gasteiger partial charge in [-0.1, -0.05) is 0 Å². The van der Waals surface area contributed by atoms with Gasteiger partial charge in [-0.2, -0.15) is 0 Å². The molecule has 2 rings (SSSR count). The average molecular weight is 384 g/mol. The molecule has 1 aliphatic heterocycles. The molecule has 1 aliphatic rings. The van der Waals surface area contributed by atoms with Gasteiger partial charge in [0, 0.05) is 17.0 Å². The Hall–Kier alpha value is -0.300. The summed E-state index contributed by atoms with van der Waals surface area (Å²) in [6.07, 6.45) is 1.95. The molecule has 4 nitrogen and oxygen atoms in total. The summed E-state index contributed by atoms with van der Waals surface area (Å²) < 4.78 is 6.20. The second kappa shape index (κ2) is 7.64. The van der Waals surface area contributed by atoms with Crippen molar-refractivity contribution >= 4 is 45.6 Å². The lowest BCUT2D eigenvalue weighted by Gasteiger charge is -2.28. The number of hydrogen-bond acceptors (Lipinski definition) is 4. The lowest BCUT2D eigenvalue weighted by Crippen LogP contribution is -2.46. The van der Waals surface area contributed by atoms with E-state index in [1.807, 2.05) is 6.92 Å². The summed E-state index contributed by atoms with van der Waals surface area (Å²) in [5, 5.41) is 6.49. The fourth-order valence-corrected chi connectivity index (χ4v) is 4.00. The Bertz CT molecular complexity index is 481. The summed E-state index contributed by atoms with van der Waals surface area (Å²) in [5.41, 5.74) is 0. The van der Waals surface area contributed by atoms with E-state index in [2.05, 4.69) is 33.5 Å². The summed E-state index contributed by atoms with van der Waals surface area (Å²) in [4.78, 5) is 14.1. The van der Waals surface area contributed by atoms with Crippen LogP contribution in [-0.2, 0) is 0 Å². The minimum atomic E-state index is -0.0326. The molecule has 0 spiro atoms. The number of piperidine rings is 1. The number of methoxy groups -OCH3 is 1. The summed E-state index contributed by atoms with van der Waals surface area (Å²) in [6.45, 7) is 5.07. The topological polar surface area (TPSA) is 50.4 Å². The van der Waals surface area contributed by atoms with Gasteiger partial charge < -0.3 is 15.4 Å². The standard InChI is InChI=1S/C13H19BrN2O2S.ClH/c1-7-6-9(4-5-15-7)16-13(17)12-11(18-3)10(14)8(2)19-12;/h7,9,15H,4-6H2,1-3H3,(H,16,17);1H. The van der Waals surface area contributed by atoms with Gasteiger partial charge in [0.25, 0.3) is 5.91 Å². The second-order valence-corrected chi connectivity index (χ2v) is 6.90. The van der Waals surface area contributed by atoms with E-state index in [1.54, 1.807) is 7.11 Å². The number of aryl methyl sites for hydroxylation is 1. The first-order chi connectivity index (χ1) is 9.02.